The molecule has 7 nitrogen and oxygen atoms in total. The number of aromatic amines is 1. The van der Waals surface area contributed by atoms with Crippen LogP contribution in [0.4, 0.5) is 5.69 Å². The number of aromatic nitrogens is 1. The molecule has 2 amide bonds. The molecule has 0 spiro atoms. The van der Waals surface area contributed by atoms with Crippen molar-refractivity contribution in [3.8, 4) is 11.5 Å². The molecule has 0 radical (unpaired) electrons. The van der Waals surface area contributed by atoms with Gasteiger partial charge in [-0.1, -0.05) is 36.0 Å². The molecule has 0 saturated carbocycles. The summed E-state index contributed by atoms with van der Waals surface area (Å²) in [6, 6.07) is 19.2. The molecule has 0 bridgehead atoms. The maximum atomic E-state index is 13.2. The molecule has 0 saturated heterocycles. The largest absolute Gasteiger partial charge is 0.493 e. The first-order valence-corrected chi connectivity index (χ1v) is 13.3. The average molecular weight is 528 g/mol. The summed E-state index contributed by atoms with van der Waals surface area (Å²) in [6.45, 7) is 2.97. The average Bonchev–Trinajstić information content (AvgIpc) is 3.35. The van der Waals surface area contributed by atoms with Gasteiger partial charge in [0.05, 0.1) is 24.3 Å². The number of carbonyl (C=O) groups is 2. The smallest absolute Gasteiger partial charge is 0.264 e. The maximum Gasteiger partial charge on any atom is 0.264 e. The van der Waals surface area contributed by atoms with Gasteiger partial charge in [0.2, 0.25) is 0 Å². The van der Waals surface area contributed by atoms with Gasteiger partial charge in [-0.25, -0.2) is 0 Å². The molecule has 0 fully saturated rings. The van der Waals surface area contributed by atoms with E-state index in [-0.39, 0.29) is 11.8 Å². The standard InChI is InChI=1S/C30H29N3O4S/c1-4-37-25-11-9-19(15-26(25)36-3)16-28-30(35)33(2)24-17-20(10-12-27(24)38-28)29(34)31-14-13-21-18-32-23-8-6-5-7-22(21)23/h5-12,15-18,32H,4,13-14H2,1-3H3,(H,31,34). The maximum absolute atomic E-state index is 13.2. The predicted molar refractivity (Wildman–Crippen MR) is 152 cm³/mol. The van der Waals surface area contributed by atoms with Crippen molar-refractivity contribution in [3.05, 3.63) is 88.5 Å². The lowest BCUT2D eigenvalue weighted by Crippen LogP contribution is -2.31. The molecule has 0 atom stereocenters. The summed E-state index contributed by atoms with van der Waals surface area (Å²) < 4.78 is 11.0. The van der Waals surface area contributed by atoms with Crippen LogP contribution in [0, 0.1) is 0 Å². The fraction of sp³-hybridized carbons (Fsp3) is 0.200. The zero-order chi connectivity index (χ0) is 26.6. The third-order valence-corrected chi connectivity index (χ3v) is 7.54. The molecule has 1 aliphatic heterocycles. The van der Waals surface area contributed by atoms with E-state index in [9.17, 15) is 9.59 Å². The van der Waals surface area contributed by atoms with Crippen LogP contribution < -0.4 is 19.7 Å². The highest BCUT2D eigenvalue weighted by atomic mass is 32.2. The Hall–Kier alpha value is -4.17. The molecule has 2 heterocycles. The van der Waals surface area contributed by atoms with Crippen molar-refractivity contribution in [2.45, 2.75) is 18.2 Å². The van der Waals surface area contributed by atoms with Gasteiger partial charge in [0.25, 0.3) is 11.8 Å². The van der Waals surface area contributed by atoms with Crippen molar-refractivity contribution in [2.75, 3.05) is 32.2 Å². The molecule has 0 unspecified atom stereocenters. The first-order valence-electron chi connectivity index (χ1n) is 12.4. The number of hydrogen-bond donors (Lipinski definition) is 2. The number of nitrogens with zero attached hydrogens (tertiary/aromatic N) is 1. The van der Waals surface area contributed by atoms with Crippen LogP contribution in [0.3, 0.4) is 0 Å². The van der Waals surface area contributed by atoms with E-state index in [4.69, 9.17) is 9.47 Å². The summed E-state index contributed by atoms with van der Waals surface area (Å²) >= 11 is 1.39. The molecule has 1 aromatic heterocycles. The molecule has 4 aromatic rings. The quantitative estimate of drug-likeness (QED) is 0.289. The Kier molecular flexibility index (Phi) is 7.42. The Bertz CT molecular complexity index is 1540. The Morgan fingerprint density at radius 3 is 2.76 bits per heavy atom. The van der Waals surface area contributed by atoms with Crippen molar-refractivity contribution in [2.24, 2.45) is 0 Å². The Morgan fingerprint density at radius 1 is 1.11 bits per heavy atom. The normalized spacial score (nSPS) is 14.0. The lowest BCUT2D eigenvalue weighted by Gasteiger charge is -2.27. The van der Waals surface area contributed by atoms with Gasteiger partial charge >= 0.3 is 0 Å². The van der Waals surface area contributed by atoms with Crippen LogP contribution in [0.2, 0.25) is 0 Å². The predicted octanol–water partition coefficient (Wildman–Crippen LogP) is 5.66. The van der Waals surface area contributed by atoms with Gasteiger partial charge in [-0.15, -0.1) is 0 Å². The van der Waals surface area contributed by atoms with E-state index >= 15 is 0 Å². The second-order valence-electron chi connectivity index (χ2n) is 8.87. The highest BCUT2D eigenvalue weighted by Crippen LogP contribution is 2.42. The molecule has 8 heteroatoms. The van der Waals surface area contributed by atoms with Gasteiger partial charge in [-0.3, -0.25) is 9.59 Å². The van der Waals surface area contributed by atoms with Gasteiger partial charge in [0.1, 0.15) is 0 Å². The first kappa shape index (κ1) is 25.5. The minimum atomic E-state index is -0.165. The number of hydrogen-bond acceptors (Lipinski definition) is 5. The number of thioether (sulfide) groups is 1. The first-order chi connectivity index (χ1) is 18.5. The Labute approximate surface area is 225 Å². The lowest BCUT2D eigenvalue weighted by molar-refractivity contribution is -0.114. The van der Waals surface area contributed by atoms with E-state index in [0.29, 0.717) is 40.8 Å². The van der Waals surface area contributed by atoms with Crippen LogP contribution in [0.5, 0.6) is 11.5 Å². The monoisotopic (exact) mass is 527 g/mol. The highest BCUT2D eigenvalue weighted by Gasteiger charge is 2.27. The number of rotatable bonds is 8. The molecule has 0 aliphatic carbocycles. The minimum Gasteiger partial charge on any atom is -0.493 e. The zero-order valence-electron chi connectivity index (χ0n) is 21.5. The fourth-order valence-electron chi connectivity index (χ4n) is 4.49. The number of carbonyl (C=O) groups excluding carboxylic acids is 2. The van der Waals surface area contributed by atoms with Crippen molar-refractivity contribution in [1.82, 2.24) is 10.3 Å². The number of H-pyrrole nitrogens is 1. The molecule has 194 valence electrons. The second kappa shape index (κ2) is 11.1. The van der Waals surface area contributed by atoms with E-state index in [1.807, 2.05) is 61.7 Å². The van der Waals surface area contributed by atoms with Crippen molar-refractivity contribution < 1.29 is 19.1 Å². The Morgan fingerprint density at radius 2 is 1.95 bits per heavy atom. The third-order valence-electron chi connectivity index (χ3n) is 6.46. The third kappa shape index (κ3) is 5.13. The van der Waals surface area contributed by atoms with Crippen LogP contribution in [0.1, 0.15) is 28.4 Å². The van der Waals surface area contributed by atoms with E-state index in [2.05, 4.69) is 16.4 Å². The van der Waals surface area contributed by atoms with Crippen LogP contribution in [0.25, 0.3) is 17.0 Å². The van der Waals surface area contributed by atoms with Gasteiger partial charge in [0.15, 0.2) is 11.5 Å². The van der Waals surface area contributed by atoms with Crippen molar-refractivity contribution >= 4 is 46.2 Å². The summed E-state index contributed by atoms with van der Waals surface area (Å²) in [5, 5.41) is 4.17. The van der Waals surface area contributed by atoms with Crippen LogP contribution >= 0.6 is 11.8 Å². The second-order valence-corrected chi connectivity index (χ2v) is 9.95. The van der Waals surface area contributed by atoms with Crippen molar-refractivity contribution in [1.29, 1.82) is 0 Å². The fourth-order valence-corrected chi connectivity index (χ4v) is 5.58. The summed E-state index contributed by atoms with van der Waals surface area (Å²) in [7, 11) is 3.32. The number of amides is 2. The summed E-state index contributed by atoms with van der Waals surface area (Å²) in [4.78, 5) is 32.4. The molecule has 5 rings (SSSR count). The van der Waals surface area contributed by atoms with Crippen LogP contribution in [0.15, 0.2) is 76.7 Å². The highest BCUT2D eigenvalue weighted by molar-refractivity contribution is 8.04. The van der Waals surface area contributed by atoms with Gasteiger partial charge in [-0.2, -0.15) is 0 Å². The van der Waals surface area contributed by atoms with E-state index in [1.165, 1.54) is 17.1 Å². The molecule has 1 aliphatic rings. The lowest BCUT2D eigenvalue weighted by atomic mass is 10.1. The number of fused-ring (bicyclic) bond motifs is 2. The summed E-state index contributed by atoms with van der Waals surface area (Å²) in [6.07, 6.45) is 4.55. The van der Waals surface area contributed by atoms with Gasteiger partial charge < -0.3 is 24.7 Å². The van der Waals surface area contributed by atoms with Gasteiger partial charge in [0, 0.05) is 41.2 Å². The number of likely N-dealkylation sites (N-methyl/N-ethyl adjacent to an activating group) is 1. The molecule has 38 heavy (non-hydrogen) atoms. The number of nitrogens with one attached hydrogen (secondary N) is 2. The number of para-hydroxylation sites is 1. The topological polar surface area (TPSA) is 83.7 Å². The number of anilines is 1. The SMILES string of the molecule is CCOc1ccc(C=C2Sc3ccc(C(=O)NCCc4c[nH]c5ccccc45)cc3N(C)C2=O)cc1OC. The summed E-state index contributed by atoms with van der Waals surface area (Å²) in [5.41, 5.74) is 4.32. The number of benzene rings is 3. The molecular weight excluding hydrogens is 498 g/mol. The van der Waals surface area contributed by atoms with E-state index in [1.54, 1.807) is 31.2 Å². The number of ether oxygens (including phenoxy) is 2. The van der Waals surface area contributed by atoms with Crippen molar-refractivity contribution in [3.63, 3.8) is 0 Å². The van der Waals surface area contributed by atoms with E-state index in [0.717, 1.165) is 28.0 Å². The molecule has 2 N–H and O–H groups in total. The Balaban J connectivity index is 1.29. The minimum absolute atomic E-state index is 0.132. The van der Waals surface area contributed by atoms with E-state index < -0.39 is 0 Å². The van der Waals surface area contributed by atoms with Crippen LogP contribution in [-0.2, 0) is 11.2 Å². The molecular formula is C30H29N3O4S. The van der Waals surface area contributed by atoms with Crippen LogP contribution in [-0.4, -0.2) is 44.1 Å². The summed E-state index contributed by atoms with van der Waals surface area (Å²) in [5.74, 6) is 0.978. The van der Waals surface area contributed by atoms with Gasteiger partial charge in [-0.05, 0) is 66.9 Å². The molecule has 3 aromatic carbocycles. The number of methoxy groups -OCH3 is 1. The zero-order valence-corrected chi connectivity index (χ0v) is 22.4.